The second kappa shape index (κ2) is 5.64. The number of nitrogens with zero attached hydrogens (tertiary/aromatic N) is 2. The van der Waals surface area contributed by atoms with Gasteiger partial charge in [0.05, 0.1) is 4.92 Å². The first-order valence-electron chi connectivity index (χ1n) is 7.01. The number of nitrogen functional groups attached to an aromatic ring is 1. The first kappa shape index (κ1) is 15.4. The van der Waals surface area contributed by atoms with E-state index in [2.05, 4.69) is 0 Å². The summed E-state index contributed by atoms with van der Waals surface area (Å²) in [7, 11) is -3.96. The average molecular weight is 333 g/mol. The molecule has 1 aliphatic heterocycles. The van der Waals surface area contributed by atoms with Crippen molar-refractivity contribution in [3.8, 4) is 0 Å². The van der Waals surface area contributed by atoms with Gasteiger partial charge in [0.2, 0.25) is 10.0 Å². The molecule has 2 aromatic carbocycles. The number of nitrogens with two attached hydrogens (primary N) is 1. The normalized spacial score (nSPS) is 15.1. The van der Waals surface area contributed by atoms with Crippen molar-refractivity contribution in [2.75, 3.05) is 12.3 Å². The second-order valence-corrected chi connectivity index (χ2v) is 7.20. The lowest BCUT2D eigenvalue weighted by Crippen LogP contribution is -2.36. The minimum atomic E-state index is -3.96. The molecule has 120 valence electrons. The number of nitro benzene ring substituents is 1. The molecule has 0 aliphatic carbocycles. The molecule has 23 heavy (non-hydrogen) atoms. The molecular formula is C15H15N3O4S. The van der Waals surface area contributed by atoms with Crippen LogP contribution in [0.2, 0.25) is 0 Å². The van der Waals surface area contributed by atoms with Crippen molar-refractivity contribution in [2.45, 2.75) is 17.9 Å². The molecule has 2 N–H and O–H groups in total. The molecule has 8 heteroatoms. The van der Waals surface area contributed by atoms with Gasteiger partial charge in [-0.3, -0.25) is 10.1 Å². The van der Waals surface area contributed by atoms with E-state index >= 15 is 0 Å². The van der Waals surface area contributed by atoms with E-state index in [0.29, 0.717) is 12.1 Å². The molecule has 2 aromatic rings. The van der Waals surface area contributed by atoms with Crippen LogP contribution in [0.15, 0.2) is 47.4 Å². The zero-order valence-electron chi connectivity index (χ0n) is 12.2. The molecule has 0 aromatic heterocycles. The molecule has 7 nitrogen and oxygen atoms in total. The Balaban J connectivity index is 2.03. The molecule has 0 fully saturated rings. The van der Waals surface area contributed by atoms with E-state index in [1.807, 2.05) is 12.1 Å². The molecule has 0 radical (unpaired) electrons. The van der Waals surface area contributed by atoms with Gasteiger partial charge >= 0.3 is 0 Å². The maximum atomic E-state index is 12.8. The monoisotopic (exact) mass is 333 g/mol. The van der Waals surface area contributed by atoms with Crippen LogP contribution in [0.25, 0.3) is 0 Å². The second-order valence-electron chi connectivity index (χ2n) is 5.30. The van der Waals surface area contributed by atoms with Gasteiger partial charge in [-0.1, -0.05) is 24.3 Å². The van der Waals surface area contributed by atoms with Gasteiger partial charge in [0.1, 0.15) is 0 Å². The van der Waals surface area contributed by atoms with Crippen LogP contribution in [0.4, 0.5) is 11.4 Å². The van der Waals surface area contributed by atoms with Gasteiger partial charge in [-0.2, -0.15) is 4.31 Å². The van der Waals surface area contributed by atoms with Gasteiger partial charge in [0.25, 0.3) is 5.69 Å². The van der Waals surface area contributed by atoms with Gasteiger partial charge in [0, 0.05) is 24.8 Å². The Hall–Kier alpha value is -2.45. The highest BCUT2D eigenvalue weighted by Crippen LogP contribution is 2.31. The zero-order valence-corrected chi connectivity index (χ0v) is 13.0. The molecule has 0 bridgehead atoms. The summed E-state index contributed by atoms with van der Waals surface area (Å²) in [6.07, 6.45) is 0.528. The van der Waals surface area contributed by atoms with Crippen LogP contribution in [0.5, 0.6) is 0 Å². The van der Waals surface area contributed by atoms with Gasteiger partial charge in [-0.15, -0.1) is 0 Å². The number of sulfonamides is 1. The van der Waals surface area contributed by atoms with E-state index in [-0.39, 0.29) is 18.0 Å². The lowest BCUT2D eigenvalue weighted by Gasteiger charge is -2.28. The van der Waals surface area contributed by atoms with E-state index < -0.39 is 20.6 Å². The van der Waals surface area contributed by atoms with E-state index in [1.54, 1.807) is 6.07 Å². The third kappa shape index (κ3) is 2.66. The molecular weight excluding hydrogens is 318 g/mol. The van der Waals surface area contributed by atoms with Crippen LogP contribution >= 0.6 is 0 Å². The lowest BCUT2D eigenvalue weighted by atomic mass is 10.00. The predicted molar refractivity (Wildman–Crippen MR) is 85.3 cm³/mol. The van der Waals surface area contributed by atoms with Crippen molar-refractivity contribution in [2.24, 2.45) is 0 Å². The number of hydrogen-bond donors (Lipinski definition) is 1. The fourth-order valence-electron chi connectivity index (χ4n) is 2.75. The smallest absolute Gasteiger partial charge is 0.289 e. The fraction of sp³-hybridized carbons (Fsp3) is 0.200. The number of rotatable bonds is 3. The van der Waals surface area contributed by atoms with Crippen molar-refractivity contribution < 1.29 is 13.3 Å². The summed E-state index contributed by atoms with van der Waals surface area (Å²) in [5.41, 5.74) is 7.83. The summed E-state index contributed by atoms with van der Waals surface area (Å²) in [6, 6.07) is 10.9. The Morgan fingerprint density at radius 2 is 1.87 bits per heavy atom. The summed E-state index contributed by atoms with van der Waals surface area (Å²) >= 11 is 0. The molecule has 0 spiro atoms. The van der Waals surface area contributed by atoms with Gasteiger partial charge in [0.15, 0.2) is 4.90 Å². The number of nitro groups is 1. The third-order valence-electron chi connectivity index (χ3n) is 3.95. The standard InChI is InChI=1S/C15H15N3O4S/c16-13-5-3-4-11-8-9-17(10-12(11)13)23(21,22)15-7-2-1-6-14(15)18(19)20/h1-7H,8-10,16H2. The molecule has 1 heterocycles. The van der Waals surface area contributed by atoms with Crippen molar-refractivity contribution >= 4 is 21.4 Å². The highest BCUT2D eigenvalue weighted by atomic mass is 32.2. The van der Waals surface area contributed by atoms with Crippen molar-refractivity contribution in [1.82, 2.24) is 4.31 Å². The minimum Gasteiger partial charge on any atom is -0.398 e. The van der Waals surface area contributed by atoms with Crippen LogP contribution < -0.4 is 5.73 Å². The summed E-state index contributed by atoms with van der Waals surface area (Å²) in [6.45, 7) is 0.390. The first-order chi connectivity index (χ1) is 10.9. The van der Waals surface area contributed by atoms with Crippen molar-refractivity contribution in [3.05, 3.63) is 63.7 Å². The minimum absolute atomic E-state index is 0.121. The molecule has 3 rings (SSSR count). The van der Waals surface area contributed by atoms with Crippen LogP contribution in [0.3, 0.4) is 0 Å². The van der Waals surface area contributed by atoms with Gasteiger partial charge in [-0.05, 0) is 29.7 Å². The predicted octanol–water partition coefficient (Wildman–Crippen LogP) is 1.92. The van der Waals surface area contributed by atoms with E-state index in [0.717, 1.165) is 11.1 Å². The van der Waals surface area contributed by atoms with E-state index in [1.165, 1.54) is 28.6 Å². The highest BCUT2D eigenvalue weighted by Gasteiger charge is 2.33. The maximum absolute atomic E-state index is 12.8. The van der Waals surface area contributed by atoms with Crippen LogP contribution in [0.1, 0.15) is 11.1 Å². The number of para-hydroxylation sites is 1. The van der Waals surface area contributed by atoms with Crippen LogP contribution in [-0.4, -0.2) is 24.2 Å². The summed E-state index contributed by atoms with van der Waals surface area (Å²) in [5, 5.41) is 11.1. The number of fused-ring (bicyclic) bond motifs is 1. The van der Waals surface area contributed by atoms with Crippen molar-refractivity contribution in [3.63, 3.8) is 0 Å². The van der Waals surface area contributed by atoms with Gasteiger partial charge < -0.3 is 5.73 Å². The summed E-state index contributed by atoms with van der Waals surface area (Å²) in [5.74, 6) is 0. The quantitative estimate of drug-likeness (QED) is 0.525. The zero-order chi connectivity index (χ0) is 16.6. The Morgan fingerprint density at radius 3 is 2.61 bits per heavy atom. The average Bonchev–Trinajstić information content (AvgIpc) is 2.55. The van der Waals surface area contributed by atoms with E-state index in [9.17, 15) is 18.5 Å². The molecule has 0 unspecified atom stereocenters. The largest absolute Gasteiger partial charge is 0.398 e. The van der Waals surface area contributed by atoms with Crippen LogP contribution in [0, 0.1) is 10.1 Å². The van der Waals surface area contributed by atoms with Crippen LogP contribution in [-0.2, 0) is 23.0 Å². The van der Waals surface area contributed by atoms with E-state index in [4.69, 9.17) is 5.73 Å². The molecule has 0 atom stereocenters. The fourth-order valence-corrected chi connectivity index (χ4v) is 4.32. The molecule has 0 saturated heterocycles. The Kier molecular flexibility index (Phi) is 3.78. The van der Waals surface area contributed by atoms with Crippen molar-refractivity contribution in [1.29, 1.82) is 0 Å². The SMILES string of the molecule is Nc1cccc2c1CN(S(=O)(=O)c1ccccc1[N+](=O)[O-])CC2. The highest BCUT2D eigenvalue weighted by molar-refractivity contribution is 7.89. The summed E-state index contributed by atoms with van der Waals surface area (Å²) < 4.78 is 26.9. The third-order valence-corrected chi connectivity index (χ3v) is 5.85. The number of anilines is 1. The molecule has 1 aliphatic rings. The first-order valence-corrected chi connectivity index (χ1v) is 8.45. The Labute approximate surface area is 133 Å². The molecule has 0 saturated carbocycles. The summed E-state index contributed by atoms with van der Waals surface area (Å²) in [4.78, 5) is 10.1. The number of hydrogen-bond acceptors (Lipinski definition) is 5. The van der Waals surface area contributed by atoms with Gasteiger partial charge in [-0.25, -0.2) is 8.42 Å². The molecule has 0 amide bonds. The maximum Gasteiger partial charge on any atom is 0.289 e. The topological polar surface area (TPSA) is 107 Å². The number of benzene rings is 2. The lowest BCUT2D eigenvalue weighted by molar-refractivity contribution is -0.387. The Bertz CT molecular complexity index is 880. The Morgan fingerprint density at radius 1 is 1.13 bits per heavy atom.